The van der Waals surface area contributed by atoms with E-state index in [1.807, 2.05) is 18.2 Å². The van der Waals surface area contributed by atoms with Crippen LogP contribution in [0.1, 0.15) is 11.1 Å². The minimum Gasteiger partial charge on any atom is -0.489 e. The second-order valence-corrected chi connectivity index (χ2v) is 5.49. The molecular weight excluding hydrogens is 314 g/mol. The zero-order chi connectivity index (χ0) is 14.4. The van der Waals surface area contributed by atoms with E-state index >= 15 is 0 Å². The van der Waals surface area contributed by atoms with Crippen LogP contribution in [0.3, 0.4) is 0 Å². The average Bonchev–Trinajstić information content (AvgIpc) is 2.44. The maximum Gasteiger partial charge on any atom is 0.124 e. The number of hydrogen-bond donors (Lipinski definition) is 1. The van der Waals surface area contributed by atoms with Crippen LogP contribution in [-0.4, -0.2) is 6.61 Å². The van der Waals surface area contributed by atoms with Gasteiger partial charge in [-0.3, -0.25) is 0 Å². The van der Waals surface area contributed by atoms with Crippen molar-refractivity contribution in [2.45, 2.75) is 13.5 Å². The first-order valence-electron chi connectivity index (χ1n) is 6.51. The molecule has 2 nitrogen and oxygen atoms in total. The fraction of sp³-hybridized carbons (Fsp3) is 0.176. The van der Waals surface area contributed by atoms with Crippen molar-refractivity contribution < 1.29 is 4.74 Å². The highest BCUT2D eigenvalue weighted by molar-refractivity contribution is 9.10. The molecule has 0 unspecified atom stereocenters. The van der Waals surface area contributed by atoms with Crippen LogP contribution in [0.15, 0.2) is 59.6 Å². The Morgan fingerprint density at radius 2 is 2.10 bits per heavy atom. The van der Waals surface area contributed by atoms with Crippen LogP contribution in [-0.2, 0) is 6.54 Å². The summed E-state index contributed by atoms with van der Waals surface area (Å²) in [6.07, 6.45) is 1.75. The Labute approximate surface area is 128 Å². The number of anilines is 1. The Hall–Kier alpha value is -1.74. The largest absolute Gasteiger partial charge is 0.489 e. The summed E-state index contributed by atoms with van der Waals surface area (Å²) in [5, 5.41) is 3.42. The Kier molecular flexibility index (Phi) is 5.24. The van der Waals surface area contributed by atoms with Gasteiger partial charge in [-0.05, 0) is 42.8 Å². The van der Waals surface area contributed by atoms with Crippen molar-refractivity contribution in [2.24, 2.45) is 0 Å². The van der Waals surface area contributed by atoms with Gasteiger partial charge >= 0.3 is 0 Å². The summed E-state index contributed by atoms with van der Waals surface area (Å²) in [4.78, 5) is 0. The van der Waals surface area contributed by atoms with E-state index in [2.05, 4.69) is 59.0 Å². The molecule has 0 aliphatic carbocycles. The third kappa shape index (κ3) is 4.14. The lowest BCUT2D eigenvalue weighted by Gasteiger charge is -2.13. The molecule has 0 spiro atoms. The molecule has 3 heteroatoms. The lowest BCUT2D eigenvalue weighted by Crippen LogP contribution is -2.03. The summed E-state index contributed by atoms with van der Waals surface area (Å²) >= 11 is 3.50. The molecular formula is C17H18BrNO. The van der Waals surface area contributed by atoms with Crippen molar-refractivity contribution in [3.05, 3.63) is 70.7 Å². The zero-order valence-corrected chi connectivity index (χ0v) is 13.1. The van der Waals surface area contributed by atoms with Crippen molar-refractivity contribution in [1.29, 1.82) is 0 Å². The molecule has 2 rings (SSSR count). The molecule has 0 heterocycles. The number of halogens is 1. The van der Waals surface area contributed by atoms with Crippen LogP contribution >= 0.6 is 15.9 Å². The monoisotopic (exact) mass is 331 g/mol. The second kappa shape index (κ2) is 7.15. The molecule has 20 heavy (non-hydrogen) atoms. The number of nitrogens with one attached hydrogen (secondary N) is 1. The minimum absolute atomic E-state index is 0.513. The number of aryl methyl sites for hydroxylation is 1. The Morgan fingerprint density at radius 1 is 1.25 bits per heavy atom. The molecule has 0 atom stereocenters. The normalized spacial score (nSPS) is 10.1. The second-order valence-electron chi connectivity index (χ2n) is 4.57. The lowest BCUT2D eigenvalue weighted by atomic mass is 10.2. The summed E-state index contributed by atoms with van der Waals surface area (Å²) in [5.41, 5.74) is 3.47. The van der Waals surface area contributed by atoms with Gasteiger partial charge in [0, 0.05) is 22.3 Å². The molecule has 0 aliphatic rings. The van der Waals surface area contributed by atoms with E-state index in [0.717, 1.165) is 28.0 Å². The van der Waals surface area contributed by atoms with E-state index in [0.29, 0.717) is 6.61 Å². The van der Waals surface area contributed by atoms with E-state index in [-0.39, 0.29) is 0 Å². The van der Waals surface area contributed by atoms with E-state index < -0.39 is 0 Å². The maximum atomic E-state index is 5.67. The third-order valence-corrected chi connectivity index (χ3v) is 3.37. The van der Waals surface area contributed by atoms with Crippen LogP contribution in [0.25, 0.3) is 0 Å². The van der Waals surface area contributed by atoms with Crippen LogP contribution in [0.5, 0.6) is 5.75 Å². The van der Waals surface area contributed by atoms with E-state index in [9.17, 15) is 0 Å². The summed E-state index contributed by atoms with van der Waals surface area (Å²) in [6.45, 7) is 6.99. The molecule has 0 fully saturated rings. The van der Waals surface area contributed by atoms with Crippen LogP contribution in [0.2, 0.25) is 0 Å². The standard InChI is InChI=1S/C17H18BrNO/c1-3-9-20-17-8-7-15(18)11-14(17)12-19-16-6-4-5-13(2)10-16/h3-8,10-11,19H,1,9,12H2,2H3. The SMILES string of the molecule is C=CCOc1ccc(Br)cc1CNc1cccc(C)c1. The van der Waals surface area contributed by atoms with E-state index in [1.165, 1.54) is 5.56 Å². The van der Waals surface area contributed by atoms with Gasteiger partial charge in [-0.25, -0.2) is 0 Å². The van der Waals surface area contributed by atoms with Crippen molar-refractivity contribution in [2.75, 3.05) is 11.9 Å². The number of benzene rings is 2. The molecule has 0 bridgehead atoms. The molecule has 1 N–H and O–H groups in total. The van der Waals surface area contributed by atoms with Gasteiger partial charge < -0.3 is 10.1 Å². The smallest absolute Gasteiger partial charge is 0.124 e. The molecule has 2 aromatic rings. The summed E-state index contributed by atoms with van der Waals surface area (Å²) in [6, 6.07) is 14.4. The van der Waals surface area contributed by atoms with Gasteiger partial charge in [-0.1, -0.05) is 40.7 Å². The highest BCUT2D eigenvalue weighted by atomic mass is 79.9. The molecule has 0 aliphatic heterocycles. The Morgan fingerprint density at radius 3 is 2.85 bits per heavy atom. The summed E-state index contributed by atoms with van der Waals surface area (Å²) in [5.74, 6) is 0.883. The van der Waals surface area contributed by atoms with Gasteiger partial charge in [0.1, 0.15) is 12.4 Å². The Balaban J connectivity index is 2.11. The van der Waals surface area contributed by atoms with E-state index in [1.54, 1.807) is 6.08 Å². The van der Waals surface area contributed by atoms with Gasteiger partial charge in [0.2, 0.25) is 0 Å². The topological polar surface area (TPSA) is 21.3 Å². The third-order valence-electron chi connectivity index (χ3n) is 2.88. The van der Waals surface area contributed by atoms with Crippen LogP contribution in [0, 0.1) is 6.92 Å². The average molecular weight is 332 g/mol. The number of hydrogen-bond acceptors (Lipinski definition) is 2. The molecule has 0 aromatic heterocycles. The van der Waals surface area contributed by atoms with Gasteiger partial charge in [-0.15, -0.1) is 0 Å². The van der Waals surface area contributed by atoms with Crippen molar-refractivity contribution in [3.8, 4) is 5.75 Å². The van der Waals surface area contributed by atoms with Gasteiger partial charge in [-0.2, -0.15) is 0 Å². The first-order valence-corrected chi connectivity index (χ1v) is 7.31. The molecule has 0 amide bonds. The molecule has 2 aromatic carbocycles. The lowest BCUT2D eigenvalue weighted by molar-refractivity contribution is 0.359. The number of ether oxygens (including phenoxy) is 1. The number of rotatable bonds is 6. The Bertz CT molecular complexity index is 595. The molecule has 0 radical (unpaired) electrons. The minimum atomic E-state index is 0.513. The first kappa shape index (κ1) is 14.7. The van der Waals surface area contributed by atoms with Crippen molar-refractivity contribution >= 4 is 21.6 Å². The van der Waals surface area contributed by atoms with Crippen molar-refractivity contribution in [1.82, 2.24) is 0 Å². The van der Waals surface area contributed by atoms with Crippen LogP contribution in [0.4, 0.5) is 5.69 Å². The molecule has 0 saturated heterocycles. The quantitative estimate of drug-likeness (QED) is 0.757. The highest BCUT2D eigenvalue weighted by Gasteiger charge is 2.04. The molecule has 104 valence electrons. The maximum absolute atomic E-state index is 5.67. The van der Waals surface area contributed by atoms with Crippen LogP contribution < -0.4 is 10.1 Å². The highest BCUT2D eigenvalue weighted by Crippen LogP contribution is 2.24. The van der Waals surface area contributed by atoms with E-state index in [4.69, 9.17) is 4.74 Å². The predicted octanol–water partition coefficient (Wildman–Crippen LogP) is 4.93. The molecule has 0 saturated carbocycles. The first-order chi connectivity index (χ1) is 9.69. The van der Waals surface area contributed by atoms with Gasteiger partial charge in [0.05, 0.1) is 0 Å². The fourth-order valence-corrected chi connectivity index (χ4v) is 2.34. The zero-order valence-electron chi connectivity index (χ0n) is 11.5. The van der Waals surface area contributed by atoms with Crippen molar-refractivity contribution in [3.63, 3.8) is 0 Å². The predicted molar refractivity (Wildman–Crippen MR) is 88.3 cm³/mol. The summed E-state index contributed by atoms with van der Waals surface area (Å²) < 4.78 is 6.72. The van der Waals surface area contributed by atoms with Gasteiger partial charge in [0.15, 0.2) is 0 Å². The fourth-order valence-electron chi connectivity index (χ4n) is 1.93. The summed E-state index contributed by atoms with van der Waals surface area (Å²) in [7, 11) is 0. The van der Waals surface area contributed by atoms with Gasteiger partial charge in [0.25, 0.3) is 0 Å².